The van der Waals surface area contributed by atoms with Crippen molar-refractivity contribution in [2.75, 3.05) is 52.6 Å². The molecule has 194 valence electrons. The average molecular weight is 502 g/mol. The van der Waals surface area contributed by atoms with Gasteiger partial charge < -0.3 is 14.8 Å². The fourth-order valence-electron chi connectivity index (χ4n) is 5.54. The Morgan fingerprint density at radius 3 is 2.56 bits per heavy atom. The number of rotatable bonds is 9. The number of aromatic nitrogens is 1. The number of ether oxygens (including phenoxy) is 1. The molecule has 1 atom stereocenters. The summed E-state index contributed by atoms with van der Waals surface area (Å²) in [6, 6.07) is 9.78. The molecule has 0 amide bonds. The van der Waals surface area contributed by atoms with Gasteiger partial charge >= 0.3 is 0 Å². The van der Waals surface area contributed by atoms with E-state index in [1.54, 1.807) is 0 Å². The lowest BCUT2D eigenvalue weighted by Gasteiger charge is -2.40. The monoisotopic (exact) mass is 501 g/mol. The Morgan fingerprint density at radius 1 is 1.14 bits per heavy atom. The molecule has 5 rings (SSSR count). The maximum atomic E-state index is 15.6. The molecule has 2 aromatic carbocycles. The minimum Gasteiger partial charge on any atom is -0.492 e. The van der Waals surface area contributed by atoms with Gasteiger partial charge in [0, 0.05) is 85.0 Å². The van der Waals surface area contributed by atoms with Crippen molar-refractivity contribution in [1.82, 2.24) is 14.8 Å². The van der Waals surface area contributed by atoms with Crippen molar-refractivity contribution >= 4 is 10.9 Å². The number of aliphatic hydroxyl groups is 1. The molecule has 3 aromatic rings. The van der Waals surface area contributed by atoms with Gasteiger partial charge in [-0.3, -0.25) is 14.2 Å². The SMILES string of the molecule is CC(C)(CO)CN1CCc2c([nH]c3ccccc23)[C@H]1c1c(F)cc(OCCN2CC(CF)C2)cc1F. The molecule has 36 heavy (non-hydrogen) atoms. The summed E-state index contributed by atoms with van der Waals surface area (Å²) in [5, 5.41) is 11.0. The lowest BCUT2D eigenvalue weighted by molar-refractivity contribution is 0.0666. The summed E-state index contributed by atoms with van der Waals surface area (Å²) in [5.74, 6) is -1.08. The summed E-state index contributed by atoms with van der Waals surface area (Å²) in [6.07, 6.45) is 0.752. The van der Waals surface area contributed by atoms with E-state index in [1.807, 2.05) is 38.1 Å². The lowest BCUT2D eigenvalue weighted by atomic mass is 9.87. The average Bonchev–Trinajstić information content (AvgIpc) is 3.20. The Labute approximate surface area is 209 Å². The number of para-hydroxylation sites is 1. The molecule has 3 heterocycles. The van der Waals surface area contributed by atoms with Crippen LogP contribution in [0.5, 0.6) is 5.75 Å². The van der Waals surface area contributed by atoms with E-state index in [9.17, 15) is 9.50 Å². The first-order chi connectivity index (χ1) is 17.3. The molecule has 0 aliphatic carbocycles. The minimum atomic E-state index is -0.658. The molecule has 2 aliphatic heterocycles. The zero-order valence-corrected chi connectivity index (χ0v) is 20.9. The van der Waals surface area contributed by atoms with Gasteiger partial charge in [0.2, 0.25) is 0 Å². The number of alkyl halides is 1. The van der Waals surface area contributed by atoms with Crippen LogP contribution in [0.1, 0.15) is 36.7 Å². The number of halogens is 3. The molecule has 0 bridgehead atoms. The Bertz CT molecular complexity index is 1200. The Balaban J connectivity index is 1.44. The third kappa shape index (κ3) is 4.86. The molecule has 2 aliphatic rings. The van der Waals surface area contributed by atoms with Crippen molar-refractivity contribution in [2.24, 2.45) is 11.3 Å². The van der Waals surface area contributed by atoms with Crippen LogP contribution in [0.15, 0.2) is 36.4 Å². The number of fused-ring (bicyclic) bond motifs is 3. The predicted octanol–water partition coefficient (Wildman–Crippen LogP) is 4.69. The molecule has 0 spiro atoms. The predicted molar refractivity (Wildman–Crippen MR) is 134 cm³/mol. The summed E-state index contributed by atoms with van der Waals surface area (Å²) < 4.78 is 49.5. The standard InChI is InChI=1S/C28H34F3N3O2/c1-28(2,17-35)16-34-8-7-21-20-5-3-4-6-24(20)32-26(21)27(34)25-22(30)11-19(12-23(25)31)36-10-9-33-14-18(13-29)15-33/h3-6,11-12,18,27,32,35H,7-10,13-17H2,1-2H3/t27-/m1/s1. The zero-order chi connectivity index (χ0) is 25.4. The topological polar surface area (TPSA) is 51.7 Å². The molecule has 0 saturated carbocycles. The summed E-state index contributed by atoms with van der Waals surface area (Å²) in [4.78, 5) is 7.55. The maximum Gasteiger partial charge on any atom is 0.135 e. The minimum absolute atomic E-state index is 0.0165. The van der Waals surface area contributed by atoms with E-state index in [2.05, 4.69) is 14.8 Å². The van der Waals surface area contributed by atoms with E-state index in [0.717, 1.165) is 28.6 Å². The van der Waals surface area contributed by atoms with Crippen LogP contribution in [-0.4, -0.2) is 72.5 Å². The van der Waals surface area contributed by atoms with Crippen LogP contribution in [-0.2, 0) is 6.42 Å². The van der Waals surface area contributed by atoms with Crippen molar-refractivity contribution in [3.8, 4) is 5.75 Å². The number of H-pyrrole nitrogens is 1. The van der Waals surface area contributed by atoms with E-state index in [-0.39, 0.29) is 37.1 Å². The first kappa shape index (κ1) is 25.1. The van der Waals surface area contributed by atoms with Gasteiger partial charge in [-0.25, -0.2) is 8.78 Å². The van der Waals surface area contributed by atoms with Gasteiger partial charge in [-0.15, -0.1) is 0 Å². The van der Waals surface area contributed by atoms with Crippen LogP contribution in [0, 0.1) is 23.0 Å². The largest absolute Gasteiger partial charge is 0.492 e. The number of hydrogen-bond acceptors (Lipinski definition) is 4. The van der Waals surface area contributed by atoms with Crippen LogP contribution in [0.3, 0.4) is 0 Å². The van der Waals surface area contributed by atoms with E-state index < -0.39 is 23.1 Å². The maximum absolute atomic E-state index is 15.6. The smallest absolute Gasteiger partial charge is 0.135 e. The molecule has 1 fully saturated rings. The molecule has 1 saturated heterocycles. The molecule has 1 aromatic heterocycles. The van der Waals surface area contributed by atoms with Crippen LogP contribution in [0.25, 0.3) is 10.9 Å². The highest BCUT2D eigenvalue weighted by Crippen LogP contribution is 2.42. The quantitative estimate of drug-likeness (QED) is 0.447. The van der Waals surface area contributed by atoms with Crippen molar-refractivity contribution in [3.63, 3.8) is 0 Å². The number of aromatic amines is 1. The van der Waals surface area contributed by atoms with Gasteiger partial charge in [0.25, 0.3) is 0 Å². The van der Waals surface area contributed by atoms with E-state index in [0.29, 0.717) is 32.7 Å². The van der Waals surface area contributed by atoms with E-state index in [4.69, 9.17) is 4.74 Å². The van der Waals surface area contributed by atoms with Gasteiger partial charge in [-0.1, -0.05) is 32.0 Å². The van der Waals surface area contributed by atoms with Crippen molar-refractivity contribution in [1.29, 1.82) is 0 Å². The van der Waals surface area contributed by atoms with Gasteiger partial charge in [0.15, 0.2) is 0 Å². The molecule has 0 unspecified atom stereocenters. The van der Waals surface area contributed by atoms with Gasteiger partial charge in [-0.2, -0.15) is 0 Å². The molecule has 2 N–H and O–H groups in total. The van der Waals surface area contributed by atoms with Crippen LogP contribution in [0.2, 0.25) is 0 Å². The number of hydrogen-bond donors (Lipinski definition) is 2. The Kier molecular flexibility index (Phi) is 7.03. The van der Waals surface area contributed by atoms with E-state index in [1.165, 1.54) is 12.1 Å². The van der Waals surface area contributed by atoms with Gasteiger partial charge in [-0.05, 0) is 18.1 Å². The number of benzene rings is 2. The summed E-state index contributed by atoms with van der Waals surface area (Å²) in [6.45, 7) is 6.90. The number of aliphatic hydroxyl groups excluding tert-OH is 1. The van der Waals surface area contributed by atoms with Crippen LogP contribution >= 0.6 is 0 Å². The molecular weight excluding hydrogens is 467 g/mol. The third-order valence-electron chi connectivity index (χ3n) is 7.45. The van der Waals surface area contributed by atoms with Crippen LogP contribution < -0.4 is 4.74 Å². The fourth-order valence-corrected chi connectivity index (χ4v) is 5.54. The van der Waals surface area contributed by atoms with Crippen molar-refractivity contribution in [2.45, 2.75) is 26.3 Å². The van der Waals surface area contributed by atoms with Gasteiger partial charge in [0.05, 0.1) is 12.7 Å². The highest BCUT2D eigenvalue weighted by molar-refractivity contribution is 5.85. The Hall–Kier alpha value is -2.55. The van der Waals surface area contributed by atoms with Crippen molar-refractivity contribution in [3.05, 3.63) is 64.9 Å². The lowest BCUT2D eigenvalue weighted by Crippen LogP contribution is -2.49. The summed E-state index contributed by atoms with van der Waals surface area (Å²) >= 11 is 0. The third-order valence-corrected chi connectivity index (χ3v) is 7.45. The highest BCUT2D eigenvalue weighted by Gasteiger charge is 2.37. The normalized spacial score (nSPS) is 19.4. The Morgan fingerprint density at radius 2 is 1.86 bits per heavy atom. The van der Waals surface area contributed by atoms with Gasteiger partial charge in [0.1, 0.15) is 24.0 Å². The molecule has 0 radical (unpaired) electrons. The zero-order valence-electron chi connectivity index (χ0n) is 20.9. The second-order valence-corrected chi connectivity index (χ2v) is 10.9. The molecule has 5 nitrogen and oxygen atoms in total. The summed E-state index contributed by atoms with van der Waals surface area (Å²) in [7, 11) is 0. The number of nitrogens with one attached hydrogen (secondary N) is 1. The second kappa shape index (κ2) is 10.1. The molecular formula is C28H34F3N3O2. The van der Waals surface area contributed by atoms with Crippen molar-refractivity contribution < 1.29 is 23.0 Å². The summed E-state index contributed by atoms with van der Waals surface area (Å²) in [5.41, 5.74) is 2.36. The highest BCUT2D eigenvalue weighted by atomic mass is 19.1. The number of likely N-dealkylation sites (tertiary alicyclic amines) is 1. The fraction of sp³-hybridized carbons (Fsp3) is 0.500. The first-order valence-corrected chi connectivity index (χ1v) is 12.6. The number of nitrogens with zero attached hydrogens (tertiary/aromatic N) is 2. The second-order valence-electron chi connectivity index (χ2n) is 10.9. The molecule has 8 heteroatoms. The van der Waals surface area contributed by atoms with E-state index >= 15 is 8.78 Å². The van der Waals surface area contributed by atoms with Crippen LogP contribution in [0.4, 0.5) is 13.2 Å². The first-order valence-electron chi connectivity index (χ1n) is 12.6.